The third kappa shape index (κ3) is 3.05. The number of rotatable bonds is 2. The van der Waals surface area contributed by atoms with Gasteiger partial charge < -0.3 is 4.74 Å². The summed E-state index contributed by atoms with van der Waals surface area (Å²) < 4.78 is 4.90. The van der Waals surface area contributed by atoms with Crippen LogP contribution in [0.5, 0.6) is 5.75 Å². The Kier molecular flexibility index (Phi) is 4.05. The van der Waals surface area contributed by atoms with Gasteiger partial charge in [-0.3, -0.25) is 4.79 Å². The molecular formula is C9H7Cl3O2. The first-order chi connectivity index (χ1) is 6.50. The predicted molar refractivity (Wildman–Crippen MR) is 57.4 cm³/mol. The van der Waals surface area contributed by atoms with Crippen LogP contribution < -0.4 is 4.74 Å². The van der Waals surface area contributed by atoms with Crippen LogP contribution in [0.1, 0.15) is 6.92 Å². The van der Waals surface area contributed by atoms with Crippen LogP contribution in [-0.2, 0) is 4.79 Å². The molecule has 5 heteroatoms. The quantitative estimate of drug-likeness (QED) is 0.458. The van der Waals surface area contributed by atoms with Gasteiger partial charge in [-0.05, 0) is 19.1 Å². The zero-order chi connectivity index (χ0) is 10.7. The van der Waals surface area contributed by atoms with Crippen LogP contribution in [0.2, 0.25) is 10.0 Å². The molecule has 0 saturated heterocycles. The van der Waals surface area contributed by atoms with E-state index in [-0.39, 0.29) is 0 Å². The number of hydrogen-bond donors (Lipinski definition) is 0. The van der Waals surface area contributed by atoms with Crippen molar-refractivity contribution in [3.05, 3.63) is 28.2 Å². The van der Waals surface area contributed by atoms with E-state index in [0.717, 1.165) is 0 Å². The van der Waals surface area contributed by atoms with Crippen molar-refractivity contribution in [3.63, 3.8) is 0 Å². The van der Waals surface area contributed by atoms with E-state index in [2.05, 4.69) is 0 Å². The minimum atomic E-state index is -0.690. The van der Waals surface area contributed by atoms with E-state index in [4.69, 9.17) is 39.5 Å². The lowest BCUT2D eigenvalue weighted by Gasteiger charge is -2.05. The van der Waals surface area contributed by atoms with Crippen molar-refractivity contribution in [1.82, 2.24) is 0 Å². The predicted octanol–water partition coefficient (Wildman–Crippen LogP) is 3.53. The fourth-order valence-electron chi connectivity index (χ4n) is 0.738. The molecule has 1 aromatic rings. The molecule has 0 aromatic heterocycles. The molecule has 1 rings (SSSR count). The molecule has 0 bridgehead atoms. The van der Waals surface area contributed by atoms with Crippen molar-refractivity contribution in [3.8, 4) is 5.75 Å². The number of hydrogen-bond acceptors (Lipinski definition) is 2. The molecule has 0 aliphatic rings. The number of esters is 1. The zero-order valence-electron chi connectivity index (χ0n) is 7.26. The molecular weight excluding hydrogens is 246 g/mol. The summed E-state index contributed by atoms with van der Waals surface area (Å²) in [6.45, 7) is 1.53. The Bertz CT molecular complexity index is 350. The highest BCUT2D eigenvalue weighted by molar-refractivity contribution is 6.42. The molecule has 2 nitrogen and oxygen atoms in total. The smallest absolute Gasteiger partial charge is 0.329 e. The second kappa shape index (κ2) is 4.87. The van der Waals surface area contributed by atoms with Gasteiger partial charge >= 0.3 is 5.97 Å². The van der Waals surface area contributed by atoms with Crippen molar-refractivity contribution < 1.29 is 9.53 Å². The summed E-state index contributed by atoms with van der Waals surface area (Å²) in [5, 5.41) is 0.0500. The lowest BCUT2D eigenvalue weighted by atomic mass is 10.3. The molecule has 1 aromatic carbocycles. The second-order valence-electron chi connectivity index (χ2n) is 2.61. The fourth-order valence-corrected chi connectivity index (χ4v) is 1.07. The molecule has 0 aliphatic heterocycles. The molecule has 0 fully saturated rings. The van der Waals surface area contributed by atoms with Crippen LogP contribution in [0.4, 0.5) is 0 Å². The van der Waals surface area contributed by atoms with Gasteiger partial charge in [0.1, 0.15) is 11.1 Å². The average Bonchev–Trinajstić information content (AvgIpc) is 2.11. The summed E-state index contributed by atoms with van der Waals surface area (Å²) >= 11 is 16.9. The molecule has 0 heterocycles. The van der Waals surface area contributed by atoms with E-state index in [1.54, 1.807) is 12.1 Å². The van der Waals surface area contributed by atoms with E-state index in [0.29, 0.717) is 15.8 Å². The van der Waals surface area contributed by atoms with Crippen LogP contribution in [0.3, 0.4) is 0 Å². The van der Waals surface area contributed by atoms with Crippen molar-refractivity contribution in [2.45, 2.75) is 12.3 Å². The average molecular weight is 254 g/mol. The van der Waals surface area contributed by atoms with Gasteiger partial charge in [-0.15, -0.1) is 11.6 Å². The Hall–Kier alpha value is -0.440. The monoisotopic (exact) mass is 252 g/mol. The zero-order valence-corrected chi connectivity index (χ0v) is 9.53. The highest BCUT2D eigenvalue weighted by Crippen LogP contribution is 2.26. The van der Waals surface area contributed by atoms with Gasteiger partial charge in [0.2, 0.25) is 0 Å². The fraction of sp³-hybridized carbons (Fsp3) is 0.222. The highest BCUT2D eigenvalue weighted by Gasteiger charge is 2.12. The number of ether oxygens (including phenoxy) is 1. The van der Waals surface area contributed by atoms with E-state index < -0.39 is 11.3 Å². The summed E-state index contributed by atoms with van der Waals surface area (Å²) in [6.07, 6.45) is 0. The van der Waals surface area contributed by atoms with Crippen LogP contribution in [0.15, 0.2) is 18.2 Å². The Morgan fingerprint density at radius 2 is 2.00 bits per heavy atom. The van der Waals surface area contributed by atoms with Crippen molar-refractivity contribution >= 4 is 40.8 Å². The molecule has 0 saturated carbocycles. The van der Waals surface area contributed by atoms with Gasteiger partial charge in [-0.1, -0.05) is 23.2 Å². The molecule has 0 amide bonds. The Balaban J connectivity index is 2.78. The number of alkyl halides is 1. The summed E-state index contributed by atoms with van der Waals surface area (Å²) in [6, 6.07) is 4.55. The molecule has 76 valence electrons. The van der Waals surface area contributed by atoms with E-state index in [1.807, 2.05) is 0 Å². The largest absolute Gasteiger partial charge is 0.425 e. The van der Waals surface area contributed by atoms with Crippen molar-refractivity contribution in [2.75, 3.05) is 0 Å². The Morgan fingerprint density at radius 3 is 2.50 bits per heavy atom. The molecule has 0 aliphatic carbocycles. The lowest BCUT2D eigenvalue weighted by Crippen LogP contribution is -2.17. The molecule has 0 spiro atoms. The van der Waals surface area contributed by atoms with E-state index >= 15 is 0 Å². The van der Waals surface area contributed by atoms with Crippen LogP contribution in [-0.4, -0.2) is 11.3 Å². The maximum absolute atomic E-state index is 11.1. The first-order valence-electron chi connectivity index (χ1n) is 3.81. The number of carbonyl (C=O) groups is 1. The van der Waals surface area contributed by atoms with Crippen molar-refractivity contribution in [2.24, 2.45) is 0 Å². The maximum Gasteiger partial charge on any atom is 0.329 e. The van der Waals surface area contributed by atoms with E-state index in [9.17, 15) is 4.79 Å². The molecule has 1 unspecified atom stereocenters. The standard InChI is InChI=1S/C9H7Cl3O2/c1-5(10)9(13)14-6-2-3-7(11)8(12)4-6/h2-5H,1H3. The lowest BCUT2D eigenvalue weighted by molar-refractivity contribution is -0.133. The first kappa shape index (κ1) is 11.6. The number of benzene rings is 1. The van der Waals surface area contributed by atoms with E-state index in [1.165, 1.54) is 13.0 Å². The third-order valence-electron chi connectivity index (χ3n) is 1.43. The number of halogens is 3. The van der Waals surface area contributed by atoms with Gasteiger partial charge in [0.05, 0.1) is 10.0 Å². The second-order valence-corrected chi connectivity index (χ2v) is 4.08. The molecule has 0 radical (unpaired) electrons. The van der Waals surface area contributed by atoms with Crippen LogP contribution in [0.25, 0.3) is 0 Å². The Morgan fingerprint density at radius 1 is 1.36 bits per heavy atom. The van der Waals surface area contributed by atoms with Gasteiger partial charge in [-0.25, -0.2) is 0 Å². The topological polar surface area (TPSA) is 26.3 Å². The summed E-state index contributed by atoms with van der Waals surface area (Å²) in [5.74, 6) is -0.193. The normalized spacial score (nSPS) is 12.3. The molecule has 1 atom stereocenters. The first-order valence-corrected chi connectivity index (χ1v) is 5.00. The van der Waals surface area contributed by atoms with Gasteiger partial charge in [0, 0.05) is 6.07 Å². The summed E-state index contributed by atoms with van der Waals surface area (Å²) in [4.78, 5) is 11.1. The van der Waals surface area contributed by atoms with Gasteiger partial charge in [-0.2, -0.15) is 0 Å². The van der Waals surface area contributed by atoms with Crippen molar-refractivity contribution in [1.29, 1.82) is 0 Å². The summed E-state index contributed by atoms with van der Waals surface area (Å²) in [5.41, 5.74) is 0. The third-order valence-corrected chi connectivity index (χ3v) is 2.35. The van der Waals surface area contributed by atoms with Crippen LogP contribution in [0, 0.1) is 0 Å². The minimum Gasteiger partial charge on any atom is -0.425 e. The maximum atomic E-state index is 11.1. The molecule has 14 heavy (non-hydrogen) atoms. The SMILES string of the molecule is CC(Cl)C(=O)Oc1ccc(Cl)c(Cl)c1. The Labute approximate surface area is 96.7 Å². The minimum absolute atomic E-state index is 0.330. The van der Waals surface area contributed by atoms with Gasteiger partial charge in [0.25, 0.3) is 0 Å². The highest BCUT2D eigenvalue weighted by atomic mass is 35.5. The van der Waals surface area contributed by atoms with Gasteiger partial charge in [0.15, 0.2) is 0 Å². The summed E-state index contributed by atoms with van der Waals surface area (Å²) in [7, 11) is 0. The number of carbonyl (C=O) groups excluding carboxylic acids is 1. The molecule has 0 N–H and O–H groups in total. The van der Waals surface area contributed by atoms with Crippen LogP contribution >= 0.6 is 34.8 Å².